The van der Waals surface area contributed by atoms with Gasteiger partial charge in [-0.05, 0) is 53.4 Å². The highest BCUT2D eigenvalue weighted by Gasteiger charge is 2.31. The van der Waals surface area contributed by atoms with Gasteiger partial charge in [-0.2, -0.15) is 0 Å². The summed E-state index contributed by atoms with van der Waals surface area (Å²) in [5, 5.41) is 5.15. The summed E-state index contributed by atoms with van der Waals surface area (Å²) in [6.07, 6.45) is 1.98. The molecule has 1 heterocycles. The molecule has 1 saturated heterocycles. The molecule has 4 nitrogen and oxygen atoms in total. The number of anilines is 1. The van der Waals surface area contributed by atoms with Gasteiger partial charge in [0.2, 0.25) is 5.91 Å². The Morgan fingerprint density at radius 1 is 0.963 bits per heavy atom. The lowest BCUT2D eigenvalue weighted by molar-refractivity contribution is -0.114. The Morgan fingerprint density at radius 2 is 1.70 bits per heavy atom. The Hall–Kier alpha value is -3.14. The molecule has 1 unspecified atom stereocenters. The van der Waals surface area contributed by atoms with Crippen molar-refractivity contribution >= 4 is 28.3 Å². The average Bonchev–Trinajstić information content (AvgIpc) is 3.16. The molecule has 3 aromatic rings. The highest BCUT2D eigenvalue weighted by atomic mass is 16.2. The molecule has 3 aromatic carbocycles. The standard InChI is InChI=1S/C23H22N2O2/c1-16(26)24-19-13-11-18(12-14-19)23(27)25-15-5-10-22(25)21-9-4-7-17-6-2-3-8-20(17)21/h2-4,6-9,11-14,22H,5,10,15H2,1H3,(H,24,26). The Bertz CT molecular complexity index is 989. The lowest BCUT2D eigenvalue weighted by Gasteiger charge is -2.26. The number of carbonyl (C=O) groups is 2. The summed E-state index contributed by atoms with van der Waals surface area (Å²) in [5.74, 6) is -0.0792. The van der Waals surface area contributed by atoms with E-state index in [1.165, 1.54) is 23.3 Å². The Balaban J connectivity index is 1.63. The Kier molecular flexibility index (Phi) is 4.63. The van der Waals surface area contributed by atoms with Gasteiger partial charge >= 0.3 is 0 Å². The summed E-state index contributed by atoms with van der Waals surface area (Å²) in [6.45, 7) is 2.23. The maximum absolute atomic E-state index is 13.1. The summed E-state index contributed by atoms with van der Waals surface area (Å²) in [5.41, 5.74) is 2.57. The number of likely N-dealkylation sites (tertiary alicyclic amines) is 1. The largest absolute Gasteiger partial charge is 0.332 e. The molecular formula is C23H22N2O2. The zero-order valence-electron chi connectivity index (χ0n) is 15.3. The van der Waals surface area contributed by atoms with Crippen LogP contribution in [0.5, 0.6) is 0 Å². The number of rotatable bonds is 3. The van der Waals surface area contributed by atoms with Crippen molar-refractivity contribution in [2.24, 2.45) is 0 Å². The van der Waals surface area contributed by atoms with Crippen LogP contribution in [0.15, 0.2) is 66.7 Å². The van der Waals surface area contributed by atoms with Crippen molar-refractivity contribution in [1.82, 2.24) is 4.90 Å². The van der Waals surface area contributed by atoms with Crippen LogP contribution in [-0.2, 0) is 4.79 Å². The number of carbonyl (C=O) groups excluding carboxylic acids is 2. The average molecular weight is 358 g/mol. The van der Waals surface area contributed by atoms with Crippen LogP contribution in [0.1, 0.15) is 41.7 Å². The van der Waals surface area contributed by atoms with E-state index in [4.69, 9.17) is 0 Å². The number of benzene rings is 3. The first-order valence-electron chi connectivity index (χ1n) is 9.30. The van der Waals surface area contributed by atoms with Gasteiger partial charge in [0, 0.05) is 24.7 Å². The van der Waals surface area contributed by atoms with Crippen molar-refractivity contribution < 1.29 is 9.59 Å². The molecular weight excluding hydrogens is 336 g/mol. The van der Waals surface area contributed by atoms with E-state index in [9.17, 15) is 9.59 Å². The third-order valence-corrected chi connectivity index (χ3v) is 5.15. The molecule has 1 aliphatic rings. The second-order valence-corrected chi connectivity index (χ2v) is 6.98. The monoisotopic (exact) mass is 358 g/mol. The van der Waals surface area contributed by atoms with E-state index in [0.717, 1.165) is 19.4 Å². The number of hydrogen-bond acceptors (Lipinski definition) is 2. The molecule has 136 valence electrons. The molecule has 1 fully saturated rings. The molecule has 27 heavy (non-hydrogen) atoms. The van der Waals surface area contributed by atoms with Crippen LogP contribution in [-0.4, -0.2) is 23.3 Å². The normalized spacial score (nSPS) is 16.5. The molecule has 4 rings (SSSR count). The minimum Gasteiger partial charge on any atom is -0.332 e. The van der Waals surface area contributed by atoms with E-state index < -0.39 is 0 Å². The van der Waals surface area contributed by atoms with E-state index in [-0.39, 0.29) is 17.9 Å². The van der Waals surface area contributed by atoms with Gasteiger partial charge in [0.25, 0.3) is 5.91 Å². The molecule has 0 bridgehead atoms. The minimum absolute atomic E-state index is 0.0415. The predicted molar refractivity (Wildman–Crippen MR) is 108 cm³/mol. The Labute approximate surface area is 158 Å². The first-order valence-corrected chi connectivity index (χ1v) is 9.30. The van der Waals surface area contributed by atoms with E-state index in [0.29, 0.717) is 11.3 Å². The van der Waals surface area contributed by atoms with Crippen molar-refractivity contribution in [3.05, 3.63) is 77.9 Å². The predicted octanol–water partition coefficient (Wildman–Crippen LogP) is 4.78. The summed E-state index contributed by atoms with van der Waals surface area (Å²) in [6, 6.07) is 21.9. The first-order chi connectivity index (χ1) is 13.1. The fraction of sp³-hybridized carbons (Fsp3) is 0.217. The van der Waals surface area contributed by atoms with Crippen molar-refractivity contribution in [2.45, 2.75) is 25.8 Å². The third kappa shape index (κ3) is 3.43. The second kappa shape index (κ2) is 7.23. The van der Waals surface area contributed by atoms with E-state index >= 15 is 0 Å². The number of amides is 2. The minimum atomic E-state index is -0.121. The van der Waals surface area contributed by atoms with Gasteiger partial charge in [-0.15, -0.1) is 0 Å². The van der Waals surface area contributed by atoms with Crippen LogP contribution in [0, 0.1) is 0 Å². The number of nitrogens with zero attached hydrogens (tertiary/aromatic N) is 1. The van der Waals surface area contributed by atoms with Crippen molar-refractivity contribution in [3.8, 4) is 0 Å². The van der Waals surface area contributed by atoms with Gasteiger partial charge in [0.1, 0.15) is 0 Å². The van der Waals surface area contributed by atoms with Gasteiger partial charge in [0.15, 0.2) is 0 Å². The smallest absolute Gasteiger partial charge is 0.254 e. The summed E-state index contributed by atoms with van der Waals surface area (Å²) < 4.78 is 0. The molecule has 2 amide bonds. The van der Waals surface area contributed by atoms with Gasteiger partial charge in [-0.25, -0.2) is 0 Å². The topological polar surface area (TPSA) is 49.4 Å². The fourth-order valence-corrected chi connectivity index (χ4v) is 3.94. The maximum Gasteiger partial charge on any atom is 0.254 e. The van der Waals surface area contributed by atoms with Gasteiger partial charge in [-0.3, -0.25) is 9.59 Å². The second-order valence-electron chi connectivity index (χ2n) is 6.98. The molecule has 0 saturated carbocycles. The first kappa shape index (κ1) is 17.3. The molecule has 1 atom stereocenters. The molecule has 1 aliphatic heterocycles. The van der Waals surface area contributed by atoms with Crippen LogP contribution >= 0.6 is 0 Å². The van der Waals surface area contributed by atoms with Crippen LogP contribution in [0.3, 0.4) is 0 Å². The molecule has 1 N–H and O–H groups in total. The molecule has 0 spiro atoms. The van der Waals surface area contributed by atoms with E-state index in [1.807, 2.05) is 17.0 Å². The fourth-order valence-electron chi connectivity index (χ4n) is 3.94. The van der Waals surface area contributed by atoms with Gasteiger partial charge in [-0.1, -0.05) is 42.5 Å². The summed E-state index contributed by atoms with van der Waals surface area (Å²) in [4.78, 5) is 26.3. The zero-order chi connectivity index (χ0) is 18.8. The van der Waals surface area contributed by atoms with Crippen molar-refractivity contribution in [1.29, 1.82) is 0 Å². The van der Waals surface area contributed by atoms with Crippen LogP contribution in [0.25, 0.3) is 10.8 Å². The molecule has 0 radical (unpaired) electrons. The SMILES string of the molecule is CC(=O)Nc1ccc(C(=O)N2CCCC2c2cccc3ccccc23)cc1. The Morgan fingerprint density at radius 3 is 2.48 bits per heavy atom. The number of nitrogens with one attached hydrogen (secondary N) is 1. The summed E-state index contributed by atoms with van der Waals surface area (Å²) >= 11 is 0. The maximum atomic E-state index is 13.1. The third-order valence-electron chi connectivity index (χ3n) is 5.15. The van der Waals surface area contributed by atoms with Crippen molar-refractivity contribution in [2.75, 3.05) is 11.9 Å². The number of hydrogen-bond donors (Lipinski definition) is 1. The van der Waals surface area contributed by atoms with Crippen LogP contribution in [0.2, 0.25) is 0 Å². The van der Waals surface area contributed by atoms with Crippen LogP contribution in [0.4, 0.5) is 5.69 Å². The highest BCUT2D eigenvalue weighted by Crippen LogP contribution is 2.36. The van der Waals surface area contributed by atoms with E-state index in [2.05, 4.69) is 35.6 Å². The highest BCUT2D eigenvalue weighted by molar-refractivity contribution is 5.96. The number of fused-ring (bicyclic) bond motifs is 1. The lowest BCUT2D eigenvalue weighted by atomic mass is 9.97. The summed E-state index contributed by atoms with van der Waals surface area (Å²) in [7, 11) is 0. The lowest BCUT2D eigenvalue weighted by Crippen LogP contribution is -2.30. The molecule has 0 aromatic heterocycles. The quantitative estimate of drug-likeness (QED) is 0.733. The van der Waals surface area contributed by atoms with Gasteiger partial charge < -0.3 is 10.2 Å². The van der Waals surface area contributed by atoms with E-state index in [1.54, 1.807) is 24.3 Å². The molecule has 4 heteroatoms. The van der Waals surface area contributed by atoms with Crippen LogP contribution < -0.4 is 5.32 Å². The zero-order valence-corrected chi connectivity index (χ0v) is 15.3. The van der Waals surface area contributed by atoms with Crippen molar-refractivity contribution in [3.63, 3.8) is 0 Å². The van der Waals surface area contributed by atoms with Gasteiger partial charge in [0.05, 0.1) is 6.04 Å². The molecule has 0 aliphatic carbocycles.